The summed E-state index contributed by atoms with van der Waals surface area (Å²) in [6.07, 6.45) is 5.51. The molecule has 0 bridgehead atoms. The minimum absolute atomic E-state index is 0.221. The standard InChI is InChI=1S/C15H25NO2/c1-3-13(17)11-16-10-6-4-5-7-14(16)15-9-8-12(2)18-15/h8-9,13-14,17H,3-7,10-11H2,1-2H3. The van der Waals surface area contributed by atoms with Crippen LogP contribution in [0.2, 0.25) is 0 Å². The maximum Gasteiger partial charge on any atom is 0.121 e. The topological polar surface area (TPSA) is 36.6 Å². The van der Waals surface area contributed by atoms with Crippen molar-refractivity contribution in [2.45, 2.75) is 58.1 Å². The first-order valence-corrected chi connectivity index (χ1v) is 7.19. The number of hydrogen-bond donors (Lipinski definition) is 1. The molecule has 2 heterocycles. The molecule has 0 aliphatic carbocycles. The molecule has 3 heteroatoms. The van der Waals surface area contributed by atoms with Crippen LogP contribution >= 0.6 is 0 Å². The van der Waals surface area contributed by atoms with E-state index in [2.05, 4.69) is 11.0 Å². The Balaban J connectivity index is 2.11. The SMILES string of the molecule is CCC(O)CN1CCCCCC1c1ccc(C)o1. The van der Waals surface area contributed by atoms with E-state index in [0.717, 1.165) is 37.5 Å². The van der Waals surface area contributed by atoms with Crippen molar-refractivity contribution in [3.05, 3.63) is 23.7 Å². The highest BCUT2D eigenvalue weighted by atomic mass is 16.3. The van der Waals surface area contributed by atoms with E-state index in [4.69, 9.17) is 4.42 Å². The van der Waals surface area contributed by atoms with Crippen molar-refractivity contribution in [2.75, 3.05) is 13.1 Å². The summed E-state index contributed by atoms with van der Waals surface area (Å²) in [7, 11) is 0. The number of likely N-dealkylation sites (tertiary alicyclic amines) is 1. The van der Waals surface area contributed by atoms with Gasteiger partial charge < -0.3 is 9.52 Å². The van der Waals surface area contributed by atoms with Crippen molar-refractivity contribution in [3.8, 4) is 0 Å². The average Bonchev–Trinajstić information content (AvgIpc) is 2.66. The Morgan fingerprint density at radius 1 is 1.39 bits per heavy atom. The Bertz CT molecular complexity index is 361. The number of hydrogen-bond acceptors (Lipinski definition) is 3. The summed E-state index contributed by atoms with van der Waals surface area (Å²) >= 11 is 0. The summed E-state index contributed by atoms with van der Waals surface area (Å²) in [6, 6.07) is 4.48. The lowest BCUT2D eigenvalue weighted by molar-refractivity contribution is 0.0782. The van der Waals surface area contributed by atoms with Gasteiger partial charge in [-0.2, -0.15) is 0 Å². The number of aliphatic hydroxyl groups excluding tert-OH is 1. The molecule has 1 aliphatic rings. The summed E-state index contributed by atoms with van der Waals surface area (Å²) in [6.45, 7) is 5.86. The van der Waals surface area contributed by atoms with Gasteiger partial charge in [-0.25, -0.2) is 0 Å². The number of β-amino-alcohol motifs (C(OH)–C–C–N with tert-alkyl or cyclic N) is 1. The molecule has 2 unspecified atom stereocenters. The third-order valence-corrected chi connectivity index (χ3v) is 3.87. The maximum absolute atomic E-state index is 9.90. The van der Waals surface area contributed by atoms with Gasteiger partial charge in [0.1, 0.15) is 11.5 Å². The van der Waals surface area contributed by atoms with Gasteiger partial charge in [0.2, 0.25) is 0 Å². The van der Waals surface area contributed by atoms with Gasteiger partial charge in [-0.3, -0.25) is 4.90 Å². The summed E-state index contributed by atoms with van der Waals surface area (Å²) in [5, 5.41) is 9.90. The molecule has 2 rings (SSSR count). The van der Waals surface area contributed by atoms with Crippen LogP contribution in [0, 0.1) is 6.92 Å². The molecule has 18 heavy (non-hydrogen) atoms. The lowest BCUT2D eigenvalue weighted by Gasteiger charge is -2.30. The highest BCUT2D eigenvalue weighted by Gasteiger charge is 2.26. The molecule has 1 aliphatic heterocycles. The molecule has 0 saturated carbocycles. The number of aryl methyl sites for hydroxylation is 1. The van der Waals surface area contributed by atoms with Crippen molar-refractivity contribution in [3.63, 3.8) is 0 Å². The lowest BCUT2D eigenvalue weighted by atomic mass is 10.1. The van der Waals surface area contributed by atoms with Gasteiger partial charge in [-0.1, -0.05) is 19.8 Å². The van der Waals surface area contributed by atoms with Gasteiger partial charge in [0.15, 0.2) is 0 Å². The van der Waals surface area contributed by atoms with Crippen LogP contribution in [0.15, 0.2) is 16.5 Å². The highest BCUT2D eigenvalue weighted by Crippen LogP contribution is 2.31. The second-order valence-electron chi connectivity index (χ2n) is 5.37. The Kier molecular flexibility index (Phi) is 4.84. The third kappa shape index (κ3) is 3.36. The molecular weight excluding hydrogens is 226 g/mol. The average molecular weight is 251 g/mol. The van der Waals surface area contributed by atoms with E-state index in [-0.39, 0.29) is 6.10 Å². The number of furan rings is 1. The number of rotatable bonds is 4. The largest absolute Gasteiger partial charge is 0.465 e. The van der Waals surface area contributed by atoms with Crippen molar-refractivity contribution < 1.29 is 9.52 Å². The van der Waals surface area contributed by atoms with Gasteiger partial charge in [0.05, 0.1) is 12.1 Å². The minimum atomic E-state index is -0.221. The Labute approximate surface area is 110 Å². The van der Waals surface area contributed by atoms with E-state index >= 15 is 0 Å². The summed E-state index contributed by atoms with van der Waals surface area (Å²) in [5.41, 5.74) is 0. The molecule has 0 spiro atoms. The molecule has 1 fully saturated rings. The summed E-state index contributed by atoms with van der Waals surface area (Å²) < 4.78 is 5.80. The zero-order valence-electron chi connectivity index (χ0n) is 11.6. The quantitative estimate of drug-likeness (QED) is 0.892. The molecule has 1 aromatic rings. The van der Waals surface area contributed by atoms with Crippen LogP contribution in [-0.4, -0.2) is 29.2 Å². The van der Waals surface area contributed by atoms with E-state index in [1.165, 1.54) is 19.3 Å². The molecule has 0 amide bonds. The smallest absolute Gasteiger partial charge is 0.121 e. The second-order valence-corrected chi connectivity index (χ2v) is 5.37. The van der Waals surface area contributed by atoms with E-state index in [1.54, 1.807) is 0 Å². The van der Waals surface area contributed by atoms with Crippen LogP contribution in [0.5, 0.6) is 0 Å². The summed E-state index contributed by atoms with van der Waals surface area (Å²) in [4.78, 5) is 2.40. The molecular formula is C15H25NO2. The zero-order valence-corrected chi connectivity index (χ0v) is 11.6. The fraction of sp³-hybridized carbons (Fsp3) is 0.733. The van der Waals surface area contributed by atoms with Crippen LogP contribution in [0.3, 0.4) is 0 Å². The Hall–Kier alpha value is -0.800. The van der Waals surface area contributed by atoms with E-state index in [0.29, 0.717) is 6.04 Å². The fourth-order valence-electron chi connectivity index (χ4n) is 2.74. The third-order valence-electron chi connectivity index (χ3n) is 3.87. The molecule has 0 aromatic carbocycles. The molecule has 0 radical (unpaired) electrons. The van der Waals surface area contributed by atoms with E-state index < -0.39 is 0 Å². The van der Waals surface area contributed by atoms with Gasteiger partial charge in [0.25, 0.3) is 0 Å². The van der Waals surface area contributed by atoms with Crippen molar-refractivity contribution in [2.24, 2.45) is 0 Å². The van der Waals surface area contributed by atoms with E-state index in [1.807, 2.05) is 19.9 Å². The van der Waals surface area contributed by atoms with Crippen molar-refractivity contribution in [1.82, 2.24) is 4.90 Å². The normalized spacial score (nSPS) is 23.8. The lowest BCUT2D eigenvalue weighted by Crippen LogP contribution is -2.35. The summed E-state index contributed by atoms with van der Waals surface area (Å²) in [5.74, 6) is 2.04. The number of aliphatic hydroxyl groups is 1. The fourth-order valence-corrected chi connectivity index (χ4v) is 2.74. The highest BCUT2D eigenvalue weighted by molar-refractivity contribution is 5.10. The first kappa shape index (κ1) is 13.6. The molecule has 102 valence electrons. The van der Waals surface area contributed by atoms with Gasteiger partial charge >= 0.3 is 0 Å². The molecule has 1 N–H and O–H groups in total. The predicted molar refractivity (Wildman–Crippen MR) is 72.5 cm³/mol. The van der Waals surface area contributed by atoms with Gasteiger partial charge in [-0.05, 0) is 44.9 Å². The monoisotopic (exact) mass is 251 g/mol. The zero-order chi connectivity index (χ0) is 13.0. The first-order valence-electron chi connectivity index (χ1n) is 7.19. The van der Waals surface area contributed by atoms with Crippen molar-refractivity contribution >= 4 is 0 Å². The Morgan fingerprint density at radius 3 is 2.89 bits per heavy atom. The Morgan fingerprint density at radius 2 is 2.22 bits per heavy atom. The van der Waals surface area contributed by atoms with Crippen molar-refractivity contribution in [1.29, 1.82) is 0 Å². The van der Waals surface area contributed by atoms with Crippen LogP contribution in [-0.2, 0) is 0 Å². The minimum Gasteiger partial charge on any atom is -0.465 e. The van der Waals surface area contributed by atoms with Crippen LogP contribution < -0.4 is 0 Å². The maximum atomic E-state index is 9.90. The van der Waals surface area contributed by atoms with Crippen LogP contribution in [0.25, 0.3) is 0 Å². The molecule has 2 atom stereocenters. The predicted octanol–water partition coefficient (Wildman–Crippen LogP) is 3.28. The molecule has 1 saturated heterocycles. The molecule has 1 aromatic heterocycles. The molecule has 3 nitrogen and oxygen atoms in total. The van der Waals surface area contributed by atoms with Gasteiger partial charge in [0, 0.05) is 6.54 Å². The van der Waals surface area contributed by atoms with Crippen LogP contribution in [0.1, 0.15) is 56.6 Å². The first-order chi connectivity index (χ1) is 8.70. The second kappa shape index (κ2) is 6.39. The number of nitrogens with zero attached hydrogens (tertiary/aromatic N) is 1. The van der Waals surface area contributed by atoms with Gasteiger partial charge in [-0.15, -0.1) is 0 Å². The van der Waals surface area contributed by atoms with E-state index in [9.17, 15) is 5.11 Å². The van der Waals surface area contributed by atoms with Crippen LogP contribution in [0.4, 0.5) is 0 Å².